The summed E-state index contributed by atoms with van der Waals surface area (Å²) in [5.74, 6) is 0. The highest BCUT2D eigenvalue weighted by Gasteiger charge is 2.42. The number of aryl methyl sites for hydroxylation is 1. The highest BCUT2D eigenvalue weighted by Crippen LogP contribution is 2.40. The summed E-state index contributed by atoms with van der Waals surface area (Å²) in [5.41, 5.74) is -0.492. The Kier molecular flexibility index (Phi) is 2.67. The van der Waals surface area contributed by atoms with Crippen molar-refractivity contribution in [2.75, 3.05) is 0 Å². The largest absolute Gasteiger partial charge is 0.383 e. The van der Waals surface area contributed by atoms with Crippen molar-refractivity contribution in [3.05, 3.63) is 11.9 Å². The second kappa shape index (κ2) is 3.35. The summed E-state index contributed by atoms with van der Waals surface area (Å²) in [6, 6.07) is 0. The molecule has 1 aromatic heterocycles. The van der Waals surface area contributed by atoms with Gasteiger partial charge >= 0.3 is 0 Å². The lowest BCUT2D eigenvalue weighted by atomic mass is 9.73. The summed E-state index contributed by atoms with van der Waals surface area (Å²) in [5, 5.41) is 18.7. The molecule has 1 unspecified atom stereocenters. The highest BCUT2D eigenvalue weighted by atomic mass is 16.3. The first-order chi connectivity index (χ1) is 6.31. The molecule has 0 aliphatic carbocycles. The minimum Gasteiger partial charge on any atom is -0.383 e. The van der Waals surface area contributed by atoms with E-state index in [0.717, 1.165) is 0 Å². The Bertz CT molecular complexity index is 313. The van der Waals surface area contributed by atoms with Crippen LogP contribution in [0.3, 0.4) is 0 Å². The Morgan fingerprint density at radius 2 is 2.00 bits per heavy atom. The third-order valence-corrected chi connectivity index (χ3v) is 2.78. The maximum atomic E-state index is 10.5. The third-order valence-electron chi connectivity index (χ3n) is 2.78. The Hall–Kier alpha value is -0.900. The molecule has 0 aliphatic rings. The fraction of sp³-hybridized carbons (Fsp3) is 0.800. The minimum atomic E-state index is -0.902. The molecule has 80 valence electrons. The van der Waals surface area contributed by atoms with Crippen LogP contribution in [0.25, 0.3) is 0 Å². The summed E-state index contributed by atoms with van der Waals surface area (Å²) in [6.07, 6.45) is 2.27. The van der Waals surface area contributed by atoms with E-state index in [0.29, 0.717) is 12.1 Å². The van der Waals surface area contributed by atoms with E-state index >= 15 is 0 Å². The van der Waals surface area contributed by atoms with Crippen LogP contribution in [0.15, 0.2) is 6.20 Å². The van der Waals surface area contributed by atoms with E-state index in [1.54, 1.807) is 13.2 Å². The van der Waals surface area contributed by atoms with Gasteiger partial charge in [0.2, 0.25) is 0 Å². The first kappa shape index (κ1) is 11.2. The van der Waals surface area contributed by atoms with Crippen molar-refractivity contribution in [2.24, 2.45) is 12.5 Å². The van der Waals surface area contributed by atoms with Crippen molar-refractivity contribution < 1.29 is 5.11 Å². The van der Waals surface area contributed by atoms with E-state index in [9.17, 15) is 5.11 Å². The van der Waals surface area contributed by atoms with Gasteiger partial charge in [0.25, 0.3) is 0 Å². The van der Waals surface area contributed by atoms with Gasteiger partial charge in [-0.3, -0.25) is 0 Å². The molecule has 0 amide bonds. The fourth-order valence-corrected chi connectivity index (χ4v) is 1.63. The lowest BCUT2D eigenvalue weighted by molar-refractivity contribution is -0.0713. The molecule has 1 heterocycles. The first-order valence-corrected chi connectivity index (χ1v) is 4.90. The van der Waals surface area contributed by atoms with Crippen molar-refractivity contribution in [1.29, 1.82) is 0 Å². The average Bonchev–Trinajstić information content (AvgIpc) is 2.48. The van der Waals surface area contributed by atoms with E-state index < -0.39 is 5.60 Å². The van der Waals surface area contributed by atoms with Gasteiger partial charge in [-0.1, -0.05) is 27.7 Å². The van der Waals surface area contributed by atoms with Crippen LogP contribution in [0.1, 0.15) is 39.8 Å². The molecular weight excluding hydrogens is 178 g/mol. The Morgan fingerprint density at radius 1 is 1.43 bits per heavy atom. The monoisotopic (exact) mass is 197 g/mol. The Morgan fingerprint density at radius 3 is 2.29 bits per heavy atom. The van der Waals surface area contributed by atoms with Gasteiger partial charge in [0.1, 0.15) is 11.3 Å². The predicted molar refractivity (Wildman–Crippen MR) is 54.6 cm³/mol. The van der Waals surface area contributed by atoms with Gasteiger partial charge in [0.05, 0.1) is 6.20 Å². The van der Waals surface area contributed by atoms with Gasteiger partial charge in [-0.2, -0.15) is 15.0 Å². The molecular formula is C10H19N3O. The molecule has 4 heteroatoms. The molecule has 0 aliphatic heterocycles. The summed E-state index contributed by atoms with van der Waals surface area (Å²) in [7, 11) is 1.75. The van der Waals surface area contributed by atoms with Crippen molar-refractivity contribution in [2.45, 2.75) is 39.7 Å². The van der Waals surface area contributed by atoms with Gasteiger partial charge in [0, 0.05) is 7.05 Å². The van der Waals surface area contributed by atoms with E-state index in [-0.39, 0.29) is 5.41 Å². The molecule has 14 heavy (non-hydrogen) atoms. The molecule has 1 N–H and O–H groups in total. The molecule has 0 aromatic carbocycles. The molecule has 0 saturated carbocycles. The van der Waals surface area contributed by atoms with Crippen LogP contribution in [0.2, 0.25) is 0 Å². The normalized spacial score (nSPS) is 16.7. The van der Waals surface area contributed by atoms with Crippen molar-refractivity contribution in [3.63, 3.8) is 0 Å². The summed E-state index contributed by atoms with van der Waals surface area (Å²) in [4.78, 5) is 1.47. The molecule has 4 nitrogen and oxygen atoms in total. The van der Waals surface area contributed by atoms with Gasteiger partial charge in [-0.15, -0.1) is 0 Å². The van der Waals surface area contributed by atoms with Gasteiger partial charge in [0.15, 0.2) is 0 Å². The van der Waals surface area contributed by atoms with Crippen LogP contribution in [0, 0.1) is 5.41 Å². The van der Waals surface area contributed by atoms with Gasteiger partial charge in [-0.05, 0) is 11.8 Å². The predicted octanol–water partition coefficient (Wildman–Crippen LogP) is 1.46. The molecule has 1 rings (SSSR count). The van der Waals surface area contributed by atoms with E-state index in [4.69, 9.17) is 0 Å². The first-order valence-electron chi connectivity index (χ1n) is 4.90. The van der Waals surface area contributed by atoms with Crippen molar-refractivity contribution in [3.8, 4) is 0 Å². The van der Waals surface area contributed by atoms with Crippen LogP contribution in [-0.2, 0) is 12.6 Å². The summed E-state index contributed by atoms with van der Waals surface area (Å²) in [6.45, 7) is 7.97. The lowest BCUT2D eigenvalue weighted by Crippen LogP contribution is -2.39. The van der Waals surface area contributed by atoms with Crippen LogP contribution >= 0.6 is 0 Å². The zero-order chi connectivity index (χ0) is 11.0. The number of hydrogen-bond acceptors (Lipinski definition) is 3. The second-order valence-electron chi connectivity index (χ2n) is 4.68. The number of aliphatic hydroxyl groups is 1. The number of rotatable bonds is 2. The van der Waals surface area contributed by atoms with E-state index in [1.165, 1.54) is 4.80 Å². The minimum absolute atomic E-state index is 0.238. The van der Waals surface area contributed by atoms with Crippen molar-refractivity contribution in [1.82, 2.24) is 15.0 Å². The van der Waals surface area contributed by atoms with E-state index in [1.807, 2.05) is 27.7 Å². The number of aromatic nitrogens is 3. The molecule has 1 atom stereocenters. The van der Waals surface area contributed by atoms with Crippen LogP contribution < -0.4 is 0 Å². The van der Waals surface area contributed by atoms with Gasteiger partial charge in [-0.25, -0.2) is 0 Å². The maximum Gasteiger partial charge on any atom is 0.115 e. The van der Waals surface area contributed by atoms with Gasteiger partial charge < -0.3 is 5.11 Å². The maximum absolute atomic E-state index is 10.5. The Labute approximate surface area is 84.9 Å². The third kappa shape index (κ3) is 1.66. The van der Waals surface area contributed by atoms with E-state index in [2.05, 4.69) is 10.2 Å². The van der Waals surface area contributed by atoms with Crippen LogP contribution in [-0.4, -0.2) is 20.1 Å². The Balaban J connectivity index is 3.14. The zero-order valence-electron chi connectivity index (χ0n) is 9.57. The molecule has 1 aromatic rings. The SMILES string of the molecule is CCC(O)(c1cnn(C)n1)C(C)(C)C. The van der Waals surface area contributed by atoms with Crippen molar-refractivity contribution >= 4 is 0 Å². The summed E-state index contributed by atoms with van der Waals surface area (Å²) < 4.78 is 0. The number of hydrogen-bond donors (Lipinski definition) is 1. The molecule has 0 spiro atoms. The molecule has 0 radical (unpaired) electrons. The summed E-state index contributed by atoms with van der Waals surface area (Å²) >= 11 is 0. The smallest absolute Gasteiger partial charge is 0.115 e. The number of nitrogens with zero attached hydrogens (tertiary/aromatic N) is 3. The lowest BCUT2D eigenvalue weighted by Gasteiger charge is -2.37. The standard InChI is InChI=1S/C10H19N3O/c1-6-10(14,9(2,3)4)8-7-11-13(5)12-8/h7,14H,6H2,1-5H3. The second-order valence-corrected chi connectivity index (χ2v) is 4.68. The topological polar surface area (TPSA) is 50.9 Å². The highest BCUT2D eigenvalue weighted by molar-refractivity contribution is 5.10. The fourth-order valence-electron chi connectivity index (χ4n) is 1.63. The zero-order valence-corrected chi connectivity index (χ0v) is 9.57. The van der Waals surface area contributed by atoms with Crippen LogP contribution in [0.5, 0.6) is 0 Å². The average molecular weight is 197 g/mol. The molecule has 0 saturated heterocycles. The van der Waals surface area contributed by atoms with Crippen LogP contribution in [0.4, 0.5) is 0 Å². The molecule has 0 bridgehead atoms. The quantitative estimate of drug-likeness (QED) is 0.781. The molecule has 0 fully saturated rings.